The van der Waals surface area contributed by atoms with Crippen LogP contribution in [0, 0.1) is 5.92 Å². The van der Waals surface area contributed by atoms with Crippen molar-refractivity contribution in [3.63, 3.8) is 0 Å². The standard InChI is InChI=1S/C21H30N2O3S/c1-4-13-27(25,26)23-11-9-16(10-12-23)20(24)14-19-18-8-6-5-7-17(18)15-21(2,3)22-19/h5-8,14,16,22H,4,9-13,15H2,1-3H3. The Morgan fingerprint density at radius 2 is 1.93 bits per heavy atom. The quantitative estimate of drug-likeness (QED) is 0.785. The lowest BCUT2D eigenvalue weighted by molar-refractivity contribution is -0.119. The van der Waals surface area contributed by atoms with Crippen LogP contribution in [0.3, 0.4) is 0 Å². The molecule has 27 heavy (non-hydrogen) atoms. The van der Waals surface area contributed by atoms with E-state index in [4.69, 9.17) is 0 Å². The molecule has 1 fully saturated rings. The van der Waals surface area contributed by atoms with Gasteiger partial charge >= 0.3 is 0 Å². The number of carbonyl (C=O) groups excluding carboxylic acids is 1. The number of rotatable bonds is 5. The molecule has 0 radical (unpaired) electrons. The van der Waals surface area contributed by atoms with Gasteiger partial charge in [0.15, 0.2) is 5.78 Å². The molecule has 0 unspecified atom stereocenters. The largest absolute Gasteiger partial charge is 0.379 e. The normalized spacial score (nSPS) is 22.3. The second-order valence-corrected chi connectivity index (χ2v) is 10.4. The molecule has 2 aliphatic heterocycles. The summed E-state index contributed by atoms with van der Waals surface area (Å²) < 4.78 is 26.0. The monoisotopic (exact) mass is 390 g/mol. The van der Waals surface area contributed by atoms with Gasteiger partial charge in [0.25, 0.3) is 0 Å². The minimum absolute atomic E-state index is 0.0949. The van der Waals surface area contributed by atoms with Crippen molar-refractivity contribution in [3.8, 4) is 0 Å². The van der Waals surface area contributed by atoms with Gasteiger partial charge in [0.2, 0.25) is 10.0 Å². The van der Waals surface area contributed by atoms with Gasteiger partial charge in [-0.3, -0.25) is 4.79 Å². The van der Waals surface area contributed by atoms with Crippen LogP contribution in [-0.4, -0.2) is 42.9 Å². The van der Waals surface area contributed by atoms with Crippen LogP contribution in [0.4, 0.5) is 0 Å². The van der Waals surface area contributed by atoms with Gasteiger partial charge in [0.1, 0.15) is 0 Å². The maximum atomic E-state index is 12.9. The zero-order valence-corrected chi connectivity index (χ0v) is 17.3. The summed E-state index contributed by atoms with van der Waals surface area (Å²) >= 11 is 0. The van der Waals surface area contributed by atoms with Crippen LogP contribution < -0.4 is 5.32 Å². The van der Waals surface area contributed by atoms with E-state index in [1.54, 1.807) is 10.4 Å². The Bertz CT molecular complexity index is 835. The van der Waals surface area contributed by atoms with E-state index >= 15 is 0 Å². The van der Waals surface area contributed by atoms with Gasteiger partial charge in [-0.25, -0.2) is 12.7 Å². The summed E-state index contributed by atoms with van der Waals surface area (Å²) in [6.45, 7) is 7.03. The van der Waals surface area contributed by atoms with Crippen molar-refractivity contribution in [3.05, 3.63) is 41.5 Å². The van der Waals surface area contributed by atoms with E-state index in [0.717, 1.165) is 17.7 Å². The van der Waals surface area contributed by atoms with E-state index in [2.05, 4.69) is 31.3 Å². The van der Waals surface area contributed by atoms with Crippen molar-refractivity contribution >= 4 is 21.5 Å². The third kappa shape index (κ3) is 4.61. The SMILES string of the molecule is CCCS(=O)(=O)N1CCC(C(=O)C=C2NC(C)(C)Cc3ccccc32)CC1. The van der Waals surface area contributed by atoms with E-state index < -0.39 is 10.0 Å². The lowest BCUT2D eigenvalue weighted by Crippen LogP contribution is -2.44. The molecule has 6 heteroatoms. The first-order chi connectivity index (χ1) is 12.7. The highest BCUT2D eigenvalue weighted by Gasteiger charge is 2.32. The molecule has 2 aliphatic rings. The lowest BCUT2D eigenvalue weighted by Gasteiger charge is -2.36. The molecule has 2 heterocycles. The number of allylic oxidation sites excluding steroid dienone is 1. The van der Waals surface area contributed by atoms with E-state index in [0.29, 0.717) is 32.4 Å². The molecule has 0 aliphatic carbocycles. The fraction of sp³-hybridized carbons (Fsp3) is 0.571. The molecule has 0 saturated carbocycles. The third-order valence-corrected chi connectivity index (χ3v) is 7.49. The Morgan fingerprint density at radius 1 is 1.26 bits per heavy atom. The predicted molar refractivity (Wildman–Crippen MR) is 109 cm³/mol. The summed E-state index contributed by atoms with van der Waals surface area (Å²) in [6.07, 6.45) is 4.46. The maximum absolute atomic E-state index is 12.9. The number of piperidine rings is 1. The topological polar surface area (TPSA) is 66.5 Å². The smallest absolute Gasteiger partial charge is 0.214 e. The molecule has 1 N–H and O–H groups in total. The van der Waals surface area contributed by atoms with Gasteiger partial charge in [0, 0.05) is 41.9 Å². The van der Waals surface area contributed by atoms with Gasteiger partial charge in [-0.2, -0.15) is 0 Å². The maximum Gasteiger partial charge on any atom is 0.214 e. The molecule has 0 bridgehead atoms. The molecule has 5 nitrogen and oxygen atoms in total. The molecule has 3 rings (SSSR count). The molecule has 148 valence electrons. The van der Waals surface area contributed by atoms with Crippen LogP contribution in [-0.2, 0) is 21.2 Å². The first kappa shape index (κ1) is 20.1. The number of hydrogen-bond acceptors (Lipinski definition) is 4. The minimum Gasteiger partial charge on any atom is -0.379 e. The van der Waals surface area contributed by atoms with E-state index in [9.17, 15) is 13.2 Å². The van der Waals surface area contributed by atoms with Crippen LogP contribution in [0.2, 0.25) is 0 Å². The van der Waals surface area contributed by atoms with Crippen LogP contribution in [0.5, 0.6) is 0 Å². The summed E-state index contributed by atoms with van der Waals surface area (Å²) in [5, 5.41) is 3.50. The number of ketones is 1. The fourth-order valence-electron chi connectivity index (χ4n) is 4.07. The van der Waals surface area contributed by atoms with Crippen LogP contribution in [0.15, 0.2) is 30.3 Å². The summed E-state index contributed by atoms with van der Waals surface area (Å²) in [4.78, 5) is 12.9. The molecule has 0 aromatic heterocycles. The van der Waals surface area contributed by atoms with Crippen LogP contribution in [0.25, 0.3) is 5.70 Å². The van der Waals surface area contributed by atoms with Crippen molar-refractivity contribution in [2.75, 3.05) is 18.8 Å². The Kier molecular flexibility index (Phi) is 5.77. The number of carbonyl (C=O) groups is 1. The summed E-state index contributed by atoms with van der Waals surface area (Å²) in [5.74, 6) is 0.174. The van der Waals surface area contributed by atoms with Gasteiger partial charge in [-0.1, -0.05) is 31.2 Å². The van der Waals surface area contributed by atoms with Gasteiger partial charge in [-0.15, -0.1) is 0 Å². The van der Waals surface area contributed by atoms with E-state index in [-0.39, 0.29) is 23.0 Å². The molecule has 1 saturated heterocycles. The number of sulfonamides is 1. The van der Waals surface area contributed by atoms with E-state index in [1.807, 2.05) is 19.1 Å². The van der Waals surface area contributed by atoms with Gasteiger partial charge < -0.3 is 5.32 Å². The highest BCUT2D eigenvalue weighted by molar-refractivity contribution is 7.89. The van der Waals surface area contributed by atoms with Crippen molar-refractivity contribution < 1.29 is 13.2 Å². The van der Waals surface area contributed by atoms with Gasteiger partial charge in [0.05, 0.1) is 5.75 Å². The van der Waals surface area contributed by atoms with Crippen LogP contribution in [0.1, 0.15) is 51.2 Å². The minimum atomic E-state index is -3.17. The second-order valence-electron chi connectivity index (χ2n) is 8.29. The zero-order valence-electron chi connectivity index (χ0n) is 16.5. The van der Waals surface area contributed by atoms with Crippen molar-refractivity contribution in [1.82, 2.24) is 9.62 Å². The van der Waals surface area contributed by atoms with Crippen molar-refractivity contribution in [2.24, 2.45) is 5.92 Å². The van der Waals surface area contributed by atoms with Crippen LogP contribution >= 0.6 is 0 Å². The zero-order chi connectivity index (χ0) is 19.7. The first-order valence-electron chi connectivity index (χ1n) is 9.82. The molecule has 0 atom stereocenters. The molecule has 1 aromatic rings. The number of nitrogens with one attached hydrogen (secondary N) is 1. The average Bonchev–Trinajstić information content (AvgIpc) is 2.61. The molecular weight excluding hydrogens is 360 g/mol. The summed E-state index contributed by atoms with van der Waals surface area (Å²) in [6, 6.07) is 8.20. The highest BCUT2D eigenvalue weighted by atomic mass is 32.2. The predicted octanol–water partition coefficient (Wildman–Crippen LogP) is 2.97. The summed E-state index contributed by atoms with van der Waals surface area (Å²) in [7, 11) is -3.17. The Labute approximate surface area is 162 Å². The van der Waals surface area contributed by atoms with E-state index in [1.165, 1.54) is 5.56 Å². The number of nitrogens with zero attached hydrogens (tertiary/aromatic N) is 1. The number of fused-ring (bicyclic) bond motifs is 1. The third-order valence-electron chi connectivity index (χ3n) is 5.41. The Balaban J connectivity index is 1.73. The highest BCUT2D eigenvalue weighted by Crippen LogP contribution is 2.30. The Hall–Kier alpha value is -1.66. The molecular formula is C21H30N2O3S. The lowest BCUT2D eigenvalue weighted by atomic mass is 9.84. The number of hydrogen-bond donors (Lipinski definition) is 1. The molecule has 1 aromatic carbocycles. The Morgan fingerprint density at radius 3 is 2.59 bits per heavy atom. The van der Waals surface area contributed by atoms with Crippen molar-refractivity contribution in [2.45, 2.75) is 52.0 Å². The molecule has 0 amide bonds. The first-order valence-corrected chi connectivity index (χ1v) is 11.4. The molecule has 0 spiro atoms. The second kappa shape index (κ2) is 7.76. The summed E-state index contributed by atoms with van der Waals surface area (Å²) in [5.41, 5.74) is 3.12. The fourth-order valence-corrected chi connectivity index (χ4v) is 5.61. The van der Waals surface area contributed by atoms with Gasteiger partial charge in [-0.05, 0) is 45.1 Å². The number of benzene rings is 1. The average molecular weight is 391 g/mol. The van der Waals surface area contributed by atoms with Crippen molar-refractivity contribution in [1.29, 1.82) is 0 Å².